The summed E-state index contributed by atoms with van der Waals surface area (Å²) in [4.78, 5) is -2.73. The second kappa shape index (κ2) is 5.45. The van der Waals surface area contributed by atoms with Crippen LogP contribution in [-0.4, -0.2) is 93.3 Å². The highest BCUT2D eigenvalue weighted by molar-refractivity contribution is 8.77. The SMILES string of the molecule is O[C@@H]1CO[C@H]2[C@@H]1OC[C@]2(O)SS[C@@]1(O)CO[C@@H]2[C@H](O)CO[C@@H]21. The molecule has 4 aliphatic rings. The smallest absolute Gasteiger partial charge is 0.172 e. The summed E-state index contributed by atoms with van der Waals surface area (Å²) in [5.74, 6) is 0. The molecule has 0 unspecified atom stereocenters. The third-order valence-corrected chi connectivity index (χ3v) is 7.78. The largest absolute Gasteiger partial charge is 0.388 e. The van der Waals surface area contributed by atoms with Gasteiger partial charge in [-0.3, -0.25) is 0 Å². The van der Waals surface area contributed by atoms with Gasteiger partial charge in [0.25, 0.3) is 0 Å². The lowest BCUT2D eigenvalue weighted by Gasteiger charge is -2.31. The molecule has 0 bridgehead atoms. The van der Waals surface area contributed by atoms with Crippen LogP contribution in [0.3, 0.4) is 0 Å². The molecule has 0 radical (unpaired) electrons. The second-order valence-corrected chi connectivity index (χ2v) is 8.80. The molecule has 0 spiro atoms. The van der Waals surface area contributed by atoms with E-state index in [1.165, 1.54) is 0 Å². The van der Waals surface area contributed by atoms with Crippen molar-refractivity contribution in [2.45, 2.75) is 46.5 Å². The van der Waals surface area contributed by atoms with Crippen LogP contribution in [0.1, 0.15) is 0 Å². The molecule has 0 saturated carbocycles. The van der Waals surface area contributed by atoms with Crippen LogP contribution in [0.2, 0.25) is 0 Å². The molecule has 0 aliphatic carbocycles. The van der Waals surface area contributed by atoms with Gasteiger partial charge < -0.3 is 39.4 Å². The Hall–Kier alpha value is 0.380. The molecule has 8 atom stereocenters. The van der Waals surface area contributed by atoms with E-state index in [1.807, 2.05) is 0 Å². The molecule has 4 aliphatic heterocycles. The molecular weight excluding hydrogens is 336 g/mol. The maximum atomic E-state index is 10.7. The van der Waals surface area contributed by atoms with Gasteiger partial charge in [0.2, 0.25) is 0 Å². The van der Waals surface area contributed by atoms with Crippen LogP contribution >= 0.6 is 21.6 Å². The fourth-order valence-corrected chi connectivity index (χ4v) is 6.08. The highest BCUT2D eigenvalue weighted by Gasteiger charge is 2.60. The van der Waals surface area contributed by atoms with Crippen LogP contribution in [0.5, 0.6) is 0 Å². The number of rotatable bonds is 3. The first kappa shape index (κ1) is 15.9. The second-order valence-electron chi connectivity index (χ2n) is 6.05. The predicted molar refractivity (Wildman–Crippen MR) is 76.1 cm³/mol. The van der Waals surface area contributed by atoms with Gasteiger partial charge in [-0.2, -0.15) is 0 Å². The van der Waals surface area contributed by atoms with Gasteiger partial charge in [-0.1, -0.05) is 21.6 Å². The molecule has 4 rings (SSSR count). The summed E-state index contributed by atoms with van der Waals surface area (Å²) in [6.07, 6.45) is -3.89. The number of hydrogen-bond acceptors (Lipinski definition) is 10. The zero-order valence-electron chi connectivity index (χ0n) is 11.5. The fourth-order valence-electron chi connectivity index (χ4n) is 3.24. The Labute approximate surface area is 134 Å². The van der Waals surface area contributed by atoms with Crippen molar-refractivity contribution in [3.63, 3.8) is 0 Å². The van der Waals surface area contributed by atoms with Crippen LogP contribution in [0.4, 0.5) is 0 Å². The maximum absolute atomic E-state index is 10.7. The third-order valence-electron chi connectivity index (χ3n) is 4.43. The van der Waals surface area contributed by atoms with Gasteiger partial charge in [0.15, 0.2) is 9.87 Å². The average molecular weight is 354 g/mol. The van der Waals surface area contributed by atoms with Crippen molar-refractivity contribution in [3.8, 4) is 0 Å². The van der Waals surface area contributed by atoms with Crippen molar-refractivity contribution in [1.82, 2.24) is 0 Å². The number of fused-ring (bicyclic) bond motifs is 2. The van der Waals surface area contributed by atoms with Crippen molar-refractivity contribution in [3.05, 3.63) is 0 Å². The topological polar surface area (TPSA) is 118 Å². The van der Waals surface area contributed by atoms with Crippen LogP contribution in [-0.2, 0) is 18.9 Å². The lowest BCUT2D eigenvalue weighted by Crippen LogP contribution is -2.43. The monoisotopic (exact) mass is 354 g/mol. The van der Waals surface area contributed by atoms with E-state index in [2.05, 4.69) is 0 Å². The van der Waals surface area contributed by atoms with Gasteiger partial charge >= 0.3 is 0 Å². The summed E-state index contributed by atoms with van der Waals surface area (Å²) in [6.45, 7) is 0.254. The molecule has 0 amide bonds. The van der Waals surface area contributed by atoms with E-state index >= 15 is 0 Å². The number of ether oxygens (including phenoxy) is 4. The molecule has 10 heteroatoms. The first-order valence-corrected chi connectivity index (χ1v) is 9.22. The fraction of sp³-hybridized carbons (Fsp3) is 1.00. The van der Waals surface area contributed by atoms with Crippen molar-refractivity contribution in [2.24, 2.45) is 0 Å². The number of aliphatic hydroxyl groups is 4. The summed E-state index contributed by atoms with van der Waals surface area (Å²) < 4.78 is 21.7. The van der Waals surface area contributed by atoms with Crippen LogP contribution in [0.15, 0.2) is 0 Å². The molecule has 0 aromatic rings. The molecule has 4 fully saturated rings. The van der Waals surface area contributed by atoms with Crippen LogP contribution < -0.4 is 0 Å². The van der Waals surface area contributed by atoms with E-state index in [0.717, 1.165) is 21.6 Å². The first-order valence-electron chi connectivity index (χ1n) is 7.07. The summed E-state index contributed by atoms with van der Waals surface area (Å²) in [7, 11) is 2.06. The zero-order chi connectivity index (χ0) is 15.5. The predicted octanol–water partition coefficient (Wildman–Crippen LogP) is -1.94. The molecule has 126 valence electrons. The highest BCUT2D eigenvalue weighted by Crippen LogP contribution is 2.53. The Balaban J connectivity index is 1.42. The van der Waals surface area contributed by atoms with E-state index in [1.54, 1.807) is 0 Å². The Morgan fingerprint density at radius 2 is 1.14 bits per heavy atom. The van der Waals surface area contributed by atoms with Gasteiger partial charge in [-0.25, -0.2) is 0 Å². The van der Waals surface area contributed by atoms with E-state index in [-0.39, 0.29) is 26.4 Å². The molecular formula is C12H18O8S2. The molecule has 4 heterocycles. The van der Waals surface area contributed by atoms with Gasteiger partial charge in [0, 0.05) is 0 Å². The lowest BCUT2D eigenvalue weighted by atomic mass is 10.1. The summed E-state index contributed by atoms with van der Waals surface area (Å²) in [5, 5.41) is 40.8. The van der Waals surface area contributed by atoms with E-state index < -0.39 is 46.5 Å². The van der Waals surface area contributed by atoms with E-state index in [9.17, 15) is 20.4 Å². The number of aliphatic hydroxyl groups excluding tert-OH is 2. The molecule has 8 nitrogen and oxygen atoms in total. The van der Waals surface area contributed by atoms with Crippen molar-refractivity contribution >= 4 is 21.6 Å². The Kier molecular flexibility index (Phi) is 3.93. The van der Waals surface area contributed by atoms with Gasteiger partial charge in [0.1, 0.15) is 36.6 Å². The van der Waals surface area contributed by atoms with Crippen molar-refractivity contribution < 1.29 is 39.4 Å². The highest BCUT2D eigenvalue weighted by atomic mass is 33.1. The maximum Gasteiger partial charge on any atom is 0.172 e. The van der Waals surface area contributed by atoms with E-state index in [0.29, 0.717) is 0 Å². The summed E-state index contributed by atoms with van der Waals surface area (Å²) in [5.41, 5.74) is 0. The standard InChI is InChI=1S/C12H18O8S2/c13-5-1-17-9-7(5)19-3-11(9,15)21-22-12(16)4-20-8-6(14)2-18-10(8)12/h5-10,13-16H,1-4H2/t5-,6-,7-,8-,9+,10+,11+,12+/m1/s1. The Morgan fingerprint density at radius 1 is 0.727 bits per heavy atom. The normalized spacial score (nSPS) is 57.3. The molecule has 4 N–H and O–H groups in total. The number of hydrogen-bond donors (Lipinski definition) is 4. The van der Waals surface area contributed by atoms with Crippen molar-refractivity contribution in [1.29, 1.82) is 0 Å². The Bertz CT molecular complexity index is 415. The van der Waals surface area contributed by atoms with Gasteiger partial charge in [0.05, 0.1) is 26.4 Å². The zero-order valence-corrected chi connectivity index (χ0v) is 13.2. The Morgan fingerprint density at radius 3 is 1.55 bits per heavy atom. The molecule has 4 saturated heterocycles. The van der Waals surface area contributed by atoms with Crippen LogP contribution in [0, 0.1) is 0 Å². The van der Waals surface area contributed by atoms with Crippen LogP contribution in [0.25, 0.3) is 0 Å². The first-order chi connectivity index (χ1) is 10.4. The van der Waals surface area contributed by atoms with Gasteiger partial charge in [-0.05, 0) is 0 Å². The minimum Gasteiger partial charge on any atom is -0.388 e. The van der Waals surface area contributed by atoms with Gasteiger partial charge in [-0.15, -0.1) is 0 Å². The quantitative estimate of drug-likeness (QED) is 0.337. The molecule has 0 aromatic carbocycles. The minimum atomic E-state index is -1.36. The van der Waals surface area contributed by atoms with E-state index in [4.69, 9.17) is 18.9 Å². The molecule has 22 heavy (non-hydrogen) atoms. The summed E-state index contributed by atoms with van der Waals surface area (Å²) >= 11 is 0. The lowest BCUT2D eigenvalue weighted by molar-refractivity contribution is -0.0156. The average Bonchev–Trinajstić information content (AvgIpc) is 3.19. The molecule has 0 aromatic heterocycles. The van der Waals surface area contributed by atoms with Crippen molar-refractivity contribution in [2.75, 3.05) is 26.4 Å². The minimum absolute atomic E-state index is 0.00553. The summed E-state index contributed by atoms with van der Waals surface area (Å²) in [6, 6.07) is 0. The third kappa shape index (κ3) is 2.32.